The normalized spacial score (nSPS) is 20.0. The van der Waals surface area contributed by atoms with Gasteiger partial charge in [-0.25, -0.2) is 4.79 Å². The molecular weight excluding hydrogens is 254 g/mol. The first kappa shape index (κ1) is 14.9. The predicted molar refractivity (Wildman–Crippen MR) is 77.7 cm³/mol. The molecule has 2 rings (SSSR count). The fraction of sp³-hybridized carbons (Fsp3) is 0.733. The topological polar surface area (TPSA) is 47.4 Å². The van der Waals surface area contributed by atoms with E-state index in [0.717, 1.165) is 25.8 Å². The zero-order chi connectivity index (χ0) is 14.8. The van der Waals surface area contributed by atoms with Gasteiger partial charge in [-0.3, -0.25) is 4.68 Å². The van der Waals surface area contributed by atoms with Gasteiger partial charge in [-0.1, -0.05) is 6.92 Å². The molecular formula is C15H25N3O2. The van der Waals surface area contributed by atoms with Crippen molar-refractivity contribution in [1.29, 1.82) is 0 Å². The SMILES string of the molecule is CCc1cnn(C2CCCN(C(=O)OC(C)(C)C)C2)c1. The van der Waals surface area contributed by atoms with Crippen molar-refractivity contribution in [3.8, 4) is 0 Å². The summed E-state index contributed by atoms with van der Waals surface area (Å²) in [5, 5.41) is 4.42. The predicted octanol–water partition coefficient (Wildman–Crippen LogP) is 3.02. The molecule has 1 amide bonds. The first-order valence-corrected chi connectivity index (χ1v) is 7.40. The van der Waals surface area contributed by atoms with Crippen LogP contribution in [-0.2, 0) is 11.2 Å². The van der Waals surface area contributed by atoms with E-state index in [9.17, 15) is 4.79 Å². The minimum atomic E-state index is -0.439. The van der Waals surface area contributed by atoms with Crippen molar-refractivity contribution in [2.75, 3.05) is 13.1 Å². The fourth-order valence-electron chi connectivity index (χ4n) is 2.42. The van der Waals surface area contributed by atoms with Crippen LogP contribution in [0.3, 0.4) is 0 Å². The Labute approximate surface area is 120 Å². The van der Waals surface area contributed by atoms with Crippen LogP contribution < -0.4 is 0 Å². The van der Waals surface area contributed by atoms with Crippen molar-refractivity contribution >= 4 is 6.09 Å². The van der Waals surface area contributed by atoms with Crippen LogP contribution in [0.25, 0.3) is 0 Å². The number of aryl methyl sites for hydroxylation is 1. The number of rotatable bonds is 2. The van der Waals surface area contributed by atoms with Crippen LogP contribution in [0.5, 0.6) is 0 Å². The van der Waals surface area contributed by atoms with Gasteiger partial charge in [0.05, 0.1) is 12.2 Å². The quantitative estimate of drug-likeness (QED) is 0.836. The van der Waals surface area contributed by atoms with Crippen LogP contribution in [0.2, 0.25) is 0 Å². The zero-order valence-electron chi connectivity index (χ0n) is 12.9. The van der Waals surface area contributed by atoms with E-state index >= 15 is 0 Å². The molecule has 0 spiro atoms. The highest BCUT2D eigenvalue weighted by atomic mass is 16.6. The maximum atomic E-state index is 12.1. The van der Waals surface area contributed by atoms with Crippen molar-refractivity contribution in [3.63, 3.8) is 0 Å². The molecule has 0 saturated carbocycles. The summed E-state index contributed by atoms with van der Waals surface area (Å²) in [6, 6.07) is 0.261. The number of hydrogen-bond acceptors (Lipinski definition) is 3. The molecule has 2 heterocycles. The highest BCUT2D eigenvalue weighted by Crippen LogP contribution is 2.23. The highest BCUT2D eigenvalue weighted by Gasteiger charge is 2.28. The zero-order valence-corrected chi connectivity index (χ0v) is 12.9. The third-order valence-electron chi connectivity index (χ3n) is 3.49. The second kappa shape index (κ2) is 5.85. The lowest BCUT2D eigenvalue weighted by Crippen LogP contribution is -2.43. The van der Waals surface area contributed by atoms with Gasteiger partial charge in [0.1, 0.15) is 5.60 Å². The molecule has 1 unspecified atom stereocenters. The molecule has 1 aromatic heterocycles. The number of carbonyl (C=O) groups excluding carboxylic acids is 1. The monoisotopic (exact) mass is 279 g/mol. The van der Waals surface area contributed by atoms with Gasteiger partial charge >= 0.3 is 6.09 Å². The summed E-state index contributed by atoms with van der Waals surface area (Å²) in [4.78, 5) is 13.9. The number of ether oxygens (including phenoxy) is 1. The van der Waals surface area contributed by atoms with Crippen molar-refractivity contribution in [3.05, 3.63) is 18.0 Å². The standard InChI is InChI=1S/C15H25N3O2/c1-5-12-9-16-18(10-12)13-7-6-8-17(11-13)14(19)20-15(2,3)4/h9-10,13H,5-8,11H2,1-4H3. The van der Waals surface area contributed by atoms with E-state index < -0.39 is 5.60 Å². The van der Waals surface area contributed by atoms with Crippen LogP contribution in [0.1, 0.15) is 52.1 Å². The van der Waals surface area contributed by atoms with Crippen molar-refractivity contribution in [2.45, 2.75) is 58.6 Å². The van der Waals surface area contributed by atoms with Gasteiger partial charge in [-0.05, 0) is 45.6 Å². The van der Waals surface area contributed by atoms with E-state index in [0.29, 0.717) is 6.54 Å². The van der Waals surface area contributed by atoms with E-state index in [1.807, 2.05) is 31.6 Å². The Kier molecular flexibility index (Phi) is 4.35. The Balaban J connectivity index is 1.99. The molecule has 1 fully saturated rings. The van der Waals surface area contributed by atoms with Crippen LogP contribution in [0.4, 0.5) is 4.79 Å². The Hall–Kier alpha value is -1.52. The van der Waals surface area contributed by atoms with Crippen LogP contribution in [-0.4, -0.2) is 39.5 Å². The van der Waals surface area contributed by atoms with Gasteiger partial charge in [-0.15, -0.1) is 0 Å². The van der Waals surface area contributed by atoms with E-state index in [4.69, 9.17) is 4.74 Å². The van der Waals surface area contributed by atoms with Gasteiger partial charge in [0.15, 0.2) is 0 Å². The summed E-state index contributed by atoms with van der Waals surface area (Å²) < 4.78 is 7.44. The largest absolute Gasteiger partial charge is 0.444 e. The molecule has 5 nitrogen and oxygen atoms in total. The Morgan fingerprint density at radius 2 is 2.25 bits per heavy atom. The van der Waals surface area contributed by atoms with Gasteiger partial charge in [0.2, 0.25) is 0 Å². The maximum Gasteiger partial charge on any atom is 0.410 e. The molecule has 1 aliphatic rings. The molecule has 1 aromatic rings. The molecule has 0 N–H and O–H groups in total. The van der Waals surface area contributed by atoms with Gasteiger partial charge < -0.3 is 9.64 Å². The third-order valence-corrected chi connectivity index (χ3v) is 3.49. The summed E-state index contributed by atoms with van der Waals surface area (Å²) in [7, 11) is 0. The van der Waals surface area contributed by atoms with Crippen LogP contribution in [0.15, 0.2) is 12.4 Å². The van der Waals surface area contributed by atoms with Crippen molar-refractivity contribution < 1.29 is 9.53 Å². The number of piperidine rings is 1. The molecule has 1 saturated heterocycles. The molecule has 20 heavy (non-hydrogen) atoms. The molecule has 0 aliphatic carbocycles. The number of amides is 1. The summed E-state index contributed by atoms with van der Waals surface area (Å²) in [5.74, 6) is 0. The third kappa shape index (κ3) is 3.74. The van der Waals surface area contributed by atoms with E-state index in [2.05, 4.69) is 18.2 Å². The highest BCUT2D eigenvalue weighted by molar-refractivity contribution is 5.68. The molecule has 0 aromatic carbocycles. The lowest BCUT2D eigenvalue weighted by Gasteiger charge is -2.34. The lowest BCUT2D eigenvalue weighted by atomic mass is 10.1. The van der Waals surface area contributed by atoms with Crippen molar-refractivity contribution in [2.24, 2.45) is 0 Å². The molecule has 0 radical (unpaired) electrons. The molecule has 5 heteroatoms. The maximum absolute atomic E-state index is 12.1. The summed E-state index contributed by atoms with van der Waals surface area (Å²) in [6.07, 6.45) is 6.82. The number of aromatic nitrogens is 2. The molecule has 1 atom stereocenters. The van der Waals surface area contributed by atoms with E-state index in [1.165, 1.54) is 5.56 Å². The summed E-state index contributed by atoms with van der Waals surface area (Å²) in [6.45, 7) is 9.26. The fourth-order valence-corrected chi connectivity index (χ4v) is 2.42. The van der Waals surface area contributed by atoms with E-state index in [-0.39, 0.29) is 12.1 Å². The van der Waals surface area contributed by atoms with Gasteiger partial charge in [-0.2, -0.15) is 5.10 Å². The van der Waals surface area contributed by atoms with Crippen LogP contribution >= 0.6 is 0 Å². The van der Waals surface area contributed by atoms with Gasteiger partial charge in [0.25, 0.3) is 0 Å². The van der Waals surface area contributed by atoms with Gasteiger partial charge in [0, 0.05) is 19.3 Å². The number of carbonyl (C=O) groups is 1. The molecule has 0 bridgehead atoms. The minimum Gasteiger partial charge on any atom is -0.444 e. The lowest BCUT2D eigenvalue weighted by molar-refractivity contribution is 0.0167. The molecule has 1 aliphatic heterocycles. The molecule has 112 valence electrons. The average Bonchev–Trinajstić information content (AvgIpc) is 2.85. The van der Waals surface area contributed by atoms with Crippen LogP contribution in [0, 0.1) is 0 Å². The van der Waals surface area contributed by atoms with E-state index in [1.54, 1.807) is 4.90 Å². The Bertz CT molecular complexity index is 462. The first-order chi connectivity index (χ1) is 9.39. The first-order valence-electron chi connectivity index (χ1n) is 7.40. The number of likely N-dealkylation sites (tertiary alicyclic amines) is 1. The van der Waals surface area contributed by atoms with Crippen molar-refractivity contribution in [1.82, 2.24) is 14.7 Å². The summed E-state index contributed by atoms with van der Waals surface area (Å²) in [5.41, 5.74) is 0.796. The second-order valence-electron chi connectivity index (χ2n) is 6.40. The Morgan fingerprint density at radius 1 is 1.50 bits per heavy atom. The second-order valence-corrected chi connectivity index (χ2v) is 6.40. The number of nitrogens with zero attached hydrogens (tertiary/aromatic N) is 3. The Morgan fingerprint density at radius 3 is 2.85 bits per heavy atom. The average molecular weight is 279 g/mol. The smallest absolute Gasteiger partial charge is 0.410 e. The minimum absolute atomic E-state index is 0.218. The number of hydrogen-bond donors (Lipinski definition) is 0. The summed E-state index contributed by atoms with van der Waals surface area (Å²) >= 11 is 0.